The van der Waals surface area contributed by atoms with Gasteiger partial charge in [0.2, 0.25) is 0 Å². The molecule has 0 unspecified atom stereocenters. The maximum absolute atomic E-state index is 5.44. The molecule has 1 fully saturated rings. The van der Waals surface area contributed by atoms with Gasteiger partial charge < -0.3 is 5.73 Å². The Morgan fingerprint density at radius 1 is 1.62 bits per heavy atom. The van der Waals surface area contributed by atoms with Gasteiger partial charge in [-0.2, -0.15) is 0 Å². The summed E-state index contributed by atoms with van der Waals surface area (Å²) in [5.74, 6) is 0.766. The van der Waals surface area contributed by atoms with Crippen molar-refractivity contribution >= 4 is 5.84 Å². The molecule has 0 bridgehead atoms. The highest BCUT2D eigenvalue weighted by Gasteiger charge is 2.45. The summed E-state index contributed by atoms with van der Waals surface area (Å²) in [5.41, 5.74) is 5.57. The minimum atomic E-state index is 0.129. The number of nitrogens with one attached hydrogen (secondary N) is 1. The first-order valence-corrected chi connectivity index (χ1v) is 2.90. The van der Waals surface area contributed by atoms with Crippen LogP contribution >= 0.6 is 0 Å². The molecule has 8 heavy (non-hydrogen) atoms. The molecule has 3 heteroatoms. The molecule has 3 N–H and O–H groups in total. The lowest BCUT2D eigenvalue weighted by molar-refractivity contribution is 0.598. The quantitative estimate of drug-likeness (QED) is 0.440. The lowest BCUT2D eigenvalue weighted by Crippen LogP contribution is -2.26. The van der Waals surface area contributed by atoms with E-state index in [1.807, 2.05) is 0 Å². The molecule has 0 aromatic rings. The second kappa shape index (κ2) is 1.05. The number of nitrogens with two attached hydrogens (primary N) is 1. The number of rotatable bonds is 0. The van der Waals surface area contributed by atoms with Gasteiger partial charge in [0.25, 0.3) is 0 Å². The van der Waals surface area contributed by atoms with E-state index in [-0.39, 0.29) is 5.66 Å². The highest BCUT2D eigenvalue weighted by molar-refractivity contribution is 5.84. The molecule has 3 nitrogen and oxygen atoms in total. The summed E-state index contributed by atoms with van der Waals surface area (Å²) in [6.07, 6.45) is 2.35. The molecule has 2 aliphatic rings. The number of nitrogens with zero attached hydrogens (tertiary/aromatic N) is 1. The second-order valence-corrected chi connectivity index (χ2v) is 2.49. The third-order valence-electron chi connectivity index (χ3n) is 1.68. The molecule has 0 radical (unpaired) electrons. The predicted octanol–water partition coefficient (Wildman–Crippen LogP) is -0.563. The molecule has 0 amide bonds. The van der Waals surface area contributed by atoms with E-state index in [0.717, 1.165) is 12.4 Å². The molecule has 1 heterocycles. The zero-order valence-electron chi connectivity index (χ0n) is 4.65. The van der Waals surface area contributed by atoms with E-state index >= 15 is 0 Å². The number of hydrogen-bond acceptors (Lipinski definition) is 3. The van der Waals surface area contributed by atoms with Crippen molar-refractivity contribution in [3.63, 3.8) is 0 Å². The van der Waals surface area contributed by atoms with Crippen LogP contribution in [-0.2, 0) is 0 Å². The molecule has 1 aliphatic heterocycles. The average molecular weight is 111 g/mol. The van der Waals surface area contributed by atoms with Crippen molar-refractivity contribution in [3.8, 4) is 0 Å². The lowest BCUT2D eigenvalue weighted by atomic mass is 10.5. The Labute approximate surface area is 48.0 Å². The smallest absolute Gasteiger partial charge is 0.113 e. The highest BCUT2D eigenvalue weighted by atomic mass is 15.3. The summed E-state index contributed by atoms with van der Waals surface area (Å²) in [4.78, 5) is 4.22. The molecule has 1 aliphatic carbocycles. The number of amidine groups is 1. The van der Waals surface area contributed by atoms with E-state index in [1.165, 1.54) is 12.8 Å². The van der Waals surface area contributed by atoms with Crippen molar-refractivity contribution in [3.05, 3.63) is 0 Å². The van der Waals surface area contributed by atoms with Crippen LogP contribution in [0, 0.1) is 0 Å². The fourth-order valence-electron chi connectivity index (χ4n) is 1.02. The van der Waals surface area contributed by atoms with Gasteiger partial charge in [-0.3, -0.25) is 5.32 Å². The van der Waals surface area contributed by atoms with E-state index in [1.54, 1.807) is 0 Å². The van der Waals surface area contributed by atoms with Crippen molar-refractivity contribution in [1.82, 2.24) is 5.32 Å². The van der Waals surface area contributed by atoms with Gasteiger partial charge in [-0.15, -0.1) is 0 Å². The molecule has 0 aromatic carbocycles. The zero-order valence-corrected chi connectivity index (χ0v) is 4.65. The molecule has 1 saturated carbocycles. The molecule has 0 aromatic heterocycles. The molecule has 0 saturated heterocycles. The van der Waals surface area contributed by atoms with E-state index in [4.69, 9.17) is 5.73 Å². The van der Waals surface area contributed by atoms with Crippen LogP contribution in [0.1, 0.15) is 12.8 Å². The standard InChI is InChI=1S/C5H9N3/c6-4-3-7-5(8-4)1-2-5/h7H,1-3H2,(H2,6,8). The van der Waals surface area contributed by atoms with Gasteiger partial charge in [-0.05, 0) is 12.8 Å². The van der Waals surface area contributed by atoms with Crippen LogP contribution < -0.4 is 11.1 Å². The minimum absolute atomic E-state index is 0.129. The largest absolute Gasteiger partial charge is 0.386 e. The summed E-state index contributed by atoms with van der Waals surface area (Å²) in [5, 5.41) is 3.23. The van der Waals surface area contributed by atoms with Crippen LogP contribution in [0.25, 0.3) is 0 Å². The van der Waals surface area contributed by atoms with Crippen molar-refractivity contribution in [2.75, 3.05) is 6.54 Å². The fourth-order valence-corrected chi connectivity index (χ4v) is 1.02. The number of hydrogen-bond donors (Lipinski definition) is 2. The molecule has 2 rings (SSSR count). The van der Waals surface area contributed by atoms with Crippen LogP contribution in [0.5, 0.6) is 0 Å². The SMILES string of the molecule is NC1=NC2(CC2)NC1. The summed E-state index contributed by atoms with van der Waals surface area (Å²) in [6, 6.07) is 0. The Balaban J connectivity index is 2.22. The first kappa shape index (κ1) is 4.32. The Morgan fingerprint density at radius 2 is 2.38 bits per heavy atom. The van der Waals surface area contributed by atoms with Crippen LogP contribution in [0.15, 0.2) is 4.99 Å². The summed E-state index contributed by atoms with van der Waals surface area (Å²) in [7, 11) is 0. The maximum Gasteiger partial charge on any atom is 0.113 e. The first-order chi connectivity index (χ1) is 3.81. The van der Waals surface area contributed by atoms with Gasteiger partial charge in [0.15, 0.2) is 0 Å². The third-order valence-corrected chi connectivity index (χ3v) is 1.68. The van der Waals surface area contributed by atoms with Gasteiger partial charge in [-0.1, -0.05) is 0 Å². The van der Waals surface area contributed by atoms with Crippen molar-refractivity contribution in [2.45, 2.75) is 18.5 Å². The van der Waals surface area contributed by atoms with Crippen molar-refractivity contribution in [1.29, 1.82) is 0 Å². The molecular formula is C5H9N3. The predicted molar refractivity (Wildman–Crippen MR) is 31.6 cm³/mol. The van der Waals surface area contributed by atoms with E-state index in [2.05, 4.69) is 10.3 Å². The summed E-state index contributed by atoms with van der Waals surface area (Å²) < 4.78 is 0. The normalized spacial score (nSPS) is 30.8. The first-order valence-electron chi connectivity index (χ1n) is 2.90. The minimum Gasteiger partial charge on any atom is -0.386 e. The van der Waals surface area contributed by atoms with Crippen LogP contribution in [0.2, 0.25) is 0 Å². The van der Waals surface area contributed by atoms with Crippen LogP contribution in [0.4, 0.5) is 0 Å². The van der Waals surface area contributed by atoms with Crippen molar-refractivity contribution < 1.29 is 0 Å². The number of aliphatic imine (C=N–C) groups is 1. The lowest BCUT2D eigenvalue weighted by Gasteiger charge is -1.97. The van der Waals surface area contributed by atoms with Crippen molar-refractivity contribution in [2.24, 2.45) is 10.7 Å². The molecular weight excluding hydrogens is 102 g/mol. The topological polar surface area (TPSA) is 50.4 Å². The van der Waals surface area contributed by atoms with Crippen LogP contribution in [0.3, 0.4) is 0 Å². The second-order valence-electron chi connectivity index (χ2n) is 2.49. The highest BCUT2D eigenvalue weighted by Crippen LogP contribution is 2.38. The van der Waals surface area contributed by atoms with Crippen LogP contribution in [-0.4, -0.2) is 18.0 Å². The average Bonchev–Trinajstić information content (AvgIpc) is 2.34. The monoisotopic (exact) mass is 111 g/mol. The van der Waals surface area contributed by atoms with Gasteiger partial charge in [0, 0.05) is 0 Å². The Bertz CT molecular complexity index is 146. The Hall–Kier alpha value is -0.570. The van der Waals surface area contributed by atoms with Gasteiger partial charge in [0.05, 0.1) is 6.54 Å². The van der Waals surface area contributed by atoms with Gasteiger partial charge >= 0.3 is 0 Å². The zero-order chi connectivity index (χ0) is 5.61. The van der Waals surface area contributed by atoms with E-state index < -0.39 is 0 Å². The van der Waals surface area contributed by atoms with Gasteiger partial charge in [0.1, 0.15) is 11.5 Å². The van der Waals surface area contributed by atoms with E-state index in [9.17, 15) is 0 Å². The summed E-state index contributed by atoms with van der Waals surface area (Å²) in [6.45, 7) is 0.792. The molecule has 44 valence electrons. The van der Waals surface area contributed by atoms with Gasteiger partial charge in [-0.25, -0.2) is 4.99 Å². The third kappa shape index (κ3) is 0.448. The fraction of sp³-hybridized carbons (Fsp3) is 0.800. The summed E-state index contributed by atoms with van der Waals surface area (Å²) >= 11 is 0. The molecule has 1 spiro atoms. The maximum atomic E-state index is 5.44. The molecule has 0 atom stereocenters. The Kier molecular flexibility index (Phi) is 0.568. The van der Waals surface area contributed by atoms with E-state index in [0.29, 0.717) is 0 Å². The Morgan fingerprint density at radius 3 is 2.62 bits per heavy atom.